The van der Waals surface area contributed by atoms with Crippen LogP contribution in [0, 0.1) is 0 Å². The zero-order chi connectivity index (χ0) is 16.9. The van der Waals surface area contributed by atoms with Gasteiger partial charge in [-0.05, 0) is 24.6 Å². The van der Waals surface area contributed by atoms with Gasteiger partial charge in [0.2, 0.25) is 6.79 Å². The molecule has 2 aromatic rings. The van der Waals surface area contributed by atoms with E-state index < -0.39 is 0 Å². The molecule has 1 aliphatic heterocycles. The highest BCUT2D eigenvalue weighted by molar-refractivity contribution is 5.89. The van der Waals surface area contributed by atoms with Crippen LogP contribution in [0.3, 0.4) is 0 Å². The highest BCUT2D eigenvalue weighted by Crippen LogP contribution is 2.34. The van der Waals surface area contributed by atoms with Crippen LogP contribution in [0.25, 0.3) is 0 Å². The fourth-order valence-electron chi connectivity index (χ4n) is 2.36. The Bertz CT molecular complexity index is 716. The van der Waals surface area contributed by atoms with Gasteiger partial charge >= 0.3 is 6.03 Å². The summed E-state index contributed by atoms with van der Waals surface area (Å²) < 4.78 is 17.3. The van der Waals surface area contributed by atoms with Crippen molar-refractivity contribution in [1.82, 2.24) is 15.1 Å². The van der Waals surface area contributed by atoms with Crippen molar-refractivity contribution in [2.24, 2.45) is 0 Å². The van der Waals surface area contributed by atoms with E-state index in [1.165, 1.54) is 0 Å². The van der Waals surface area contributed by atoms with Crippen LogP contribution in [-0.2, 0) is 11.3 Å². The lowest BCUT2D eigenvalue weighted by molar-refractivity contribution is 0.174. The van der Waals surface area contributed by atoms with Gasteiger partial charge in [0.15, 0.2) is 11.5 Å². The summed E-state index contributed by atoms with van der Waals surface area (Å²) in [5, 5.41) is 9.79. The van der Waals surface area contributed by atoms with Crippen LogP contribution in [0.15, 0.2) is 30.6 Å². The van der Waals surface area contributed by atoms with Crippen molar-refractivity contribution < 1.29 is 19.0 Å². The molecule has 2 amide bonds. The second-order valence-electron chi connectivity index (χ2n) is 5.42. The lowest BCUT2D eigenvalue weighted by Crippen LogP contribution is -2.31. The van der Waals surface area contributed by atoms with Crippen LogP contribution in [0.4, 0.5) is 10.5 Å². The number of rotatable bonds is 6. The van der Waals surface area contributed by atoms with Gasteiger partial charge in [0.1, 0.15) is 0 Å². The number of anilines is 1. The Hall–Kier alpha value is -2.74. The number of methoxy groups -OCH3 is 1. The molecule has 2 heterocycles. The first kappa shape index (κ1) is 16.1. The zero-order valence-electron chi connectivity index (χ0n) is 13.6. The molecular formula is C16H20N4O4. The molecule has 1 aromatic heterocycles. The highest BCUT2D eigenvalue weighted by atomic mass is 16.7. The van der Waals surface area contributed by atoms with Crippen LogP contribution in [0.5, 0.6) is 11.5 Å². The molecular weight excluding hydrogens is 312 g/mol. The van der Waals surface area contributed by atoms with Gasteiger partial charge in [0.05, 0.1) is 31.1 Å². The van der Waals surface area contributed by atoms with Crippen molar-refractivity contribution >= 4 is 11.7 Å². The van der Waals surface area contributed by atoms with Crippen LogP contribution in [0.2, 0.25) is 0 Å². The maximum atomic E-state index is 12.1. The Morgan fingerprint density at radius 3 is 3.08 bits per heavy atom. The summed E-state index contributed by atoms with van der Waals surface area (Å²) in [7, 11) is 1.63. The van der Waals surface area contributed by atoms with Gasteiger partial charge in [-0.2, -0.15) is 5.10 Å². The van der Waals surface area contributed by atoms with Crippen LogP contribution < -0.4 is 20.1 Å². The minimum Gasteiger partial charge on any atom is -0.454 e. The quantitative estimate of drug-likeness (QED) is 0.846. The lowest BCUT2D eigenvalue weighted by Gasteiger charge is -2.15. The molecule has 8 heteroatoms. The Balaban J connectivity index is 1.55. The van der Waals surface area contributed by atoms with E-state index in [4.69, 9.17) is 14.2 Å². The van der Waals surface area contributed by atoms with E-state index in [0.29, 0.717) is 24.6 Å². The molecule has 3 rings (SSSR count). The third-order valence-corrected chi connectivity index (χ3v) is 3.66. The maximum absolute atomic E-state index is 12.1. The number of nitrogens with one attached hydrogen (secondary N) is 2. The number of ether oxygens (including phenoxy) is 3. The number of hydrogen-bond acceptors (Lipinski definition) is 5. The van der Waals surface area contributed by atoms with E-state index in [1.807, 2.05) is 25.1 Å². The van der Waals surface area contributed by atoms with Crippen molar-refractivity contribution in [2.45, 2.75) is 19.5 Å². The molecule has 1 aliphatic rings. The molecule has 1 aromatic carbocycles. The van der Waals surface area contributed by atoms with E-state index in [-0.39, 0.29) is 18.9 Å². The molecule has 0 radical (unpaired) electrons. The van der Waals surface area contributed by atoms with E-state index in [9.17, 15) is 4.79 Å². The number of nitrogens with zero attached hydrogens (tertiary/aromatic N) is 2. The van der Waals surface area contributed by atoms with Gasteiger partial charge in [0, 0.05) is 13.3 Å². The van der Waals surface area contributed by atoms with Crippen molar-refractivity contribution in [3.8, 4) is 11.5 Å². The summed E-state index contributed by atoms with van der Waals surface area (Å²) in [6.07, 6.45) is 3.35. The van der Waals surface area contributed by atoms with Crippen molar-refractivity contribution in [1.29, 1.82) is 0 Å². The van der Waals surface area contributed by atoms with Gasteiger partial charge in [-0.25, -0.2) is 4.79 Å². The predicted octanol–water partition coefficient (Wildman–Crippen LogP) is 2.14. The molecule has 24 heavy (non-hydrogen) atoms. The Morgan fingerprint density at radius 1 is 1.42 bits per heavy atom. The van der Waals surface area contributed by atoms with Crippen LogP contribution >= 0.6 is 0 Å². The number of urea groups is 1. The minimum atomic E-state index is -0.300. The van der Waals surface area contributed by atoms with Crippen LogP contribution in [-0.4, -0.2) is 36.3 Å². The van der Waals surface area contributed by atoms with Gasteiger partial charge < -0.3 is 24.8 Å². The number of carbonyl (C=O) groups excluding carboxylic acids is 1. The molecule has 0 spiro atoms. The predicted molar refractivity (Wildman–Crippen MR) is 87.2 cm³/mol. The Labute approximate surface area is 139 Å². The smallest absolute Gasteiger partial charge is 0.319 e. The first-order chi connectivity index (χ1) is 11.7. The number of benzene rings is 1. The first-order valence-corrected chi connectivity index (χ1v) is 7.64. The Morgan fingerprint density at radius 2 is 2.25 bits per heavy atom. The van der Waals surface area contributed by atoms with Gasteiger partial charge in [0.25, 0.3) is 0 Å². The normalized spacial score (nSPS) is 13.6. The molecule has 128 valence electrons. The molecule has 0 aliphatic carbocycles. The molecule has 2 N–H and O–H groups in total. The summed E-state index contributed by atoms with van der Waals surface area (Å²) >= 11 is 0. The SMILES string of the molecule is COCCn1cc(NC(=O)N[C@@H](C)c2ccc3c(c2)OCO3)cn1. The number of carbonyl (C=O) groups is 1. The molecule has 0 saturated heterocycles. The third kappa shape index (κ3) is 3.77. The van der Waals surface area contributed by atoms with E-state index >= 15 is 0 Å². The molecule has 0 fully saturated rings. The minimum absolute atomic E-state index is 0.178. The monoisotopic (exact) mass is 332 g/mol. The molecule has 8 nitrogen and oxygen atoms in total. The Kier molecular flexibility index (Phi) is 4.85. The van der Waals surface area contributed by atoms with E-state index in [1.54, 1.807) is 24.2 Å². The van der Waals surface area contributed by atoms with Crippen molar-refractivity contribution in [2.75, 3.05) is 25.8 Å². The lowest BCUT2D eigenvalue weighted by atomic mass is 10.1. The van der Waals surface area contributed by atoms with Crippen molar-refractivity contribution in [3.63, 3.8) is 0 Å². The number of hydrogen-bond donors (Lipinski definition) is 2. The van der Waals surface area contributed by atoms with Gasteiger partial charge in [-0.3, -0.25) is 4.68 Å². The number of fused-ring (bicyclic) bond motifs is 1. The van der Waals surface area contributed by atoms with E-state index in [2.05, 4.69) is 15.7 Å². The van der Waals surface area contributed by atoms with Gasteiger partial charge in [-0.15, -0.1) is 0 Å². The molecule has 0 bridgehead atoms. The van der Waals surface area contributed by atoms with Crippen LogP contribution in [0.1, 0.15) is 18.5 Å². The number of aromatic nitrogens is 2. The van der Waals surface area contributed by atoms with E-state index in [0.717, 1.165) is 11.3 Å². The molecule has 0 unspecified atom stereocenters. The first-order valence-electron chi connectivity index (χ1n) is 7.64. The second kappa shape index (κ2) is 7.22. The fraction of sp³-hybridized carbons (Fsp3) is 0.375. The standard InChI is InChI=1S/C16H20N4O4/c1-11(12-3-4-14-15(7-12)24-10-23-14)18-16(21)19-13-8-17-20(9-13)5-6-22-2/h3-4,7-9,11H,5-6,10H2,1-2H3,(H2,18,19,21)/t11-/m0/s1. The third-order valence-electron chi connectivity index (χ3n) is 3.66. The summed E-state index contributed by atoms with van der Waals surface area (Å²) in [6, 6.07) is 5.14. The van der Waals surface area contributed by atoms with Crippen molar-refractivity contribution in [3.05, 3.63) is 36.2 Å². The molecule has 0 saturated carbocycles. The topological polar surface area (TPSA) is 86.6 Å². The summed E-state index contributed by atoms with van der Waals surface area (Å²) in [6.45, 7) is 3.33. The maximum Gasteiger partial charge on any atom is 0.319 e. The summed E-state index contributed by atoms with van der Waals surface area (Å²) in [4.78, 5) is 12.1. The molecule has 1 atom stereocenters. The average molecular weight is 332 g/mol. The fourth-order valence-corrected chi connectivity index (χ4v) is 2.36. The number of amides is 2. The average Bonchev–Trinajstić information content (AvgIpc) is 3.20. The zero-order valence-corrected chi connectivity index (χ0v) is 13.6. The largest absolute Gasteiger partial charge is 0.454 e. The van der Waals surface area contributed by atoms with Gasteiger partial charge in [-0.1, -0.05) is 6.07 Å². The highest BCUT2D eigenvalue weighted by Gasteiger charge is 2.17. The second-order valence-corrected chi connectivity index (χ2v) is 5.42. The summed E-state index contributed by atoms with van der Waals surface area (Å²) in [5.74, 6) is 1.42. The summed E-state index contributed by atoms with van der Waals surface area (Å²) in [5.41, 5.74) is 1.56.